The number of carbonyl (C=O) groups is 2. The SMILES string of the molecule is O=C(O)CCC[C@@H]1[C@@H]2C=C[C@H]3[C@@H]4C=C[C@H]([C@H]3[C@@H]2[C@H]1Cc1ccc2c(c1)OCO2)[C@@H]1[C@@H](Cc2ccc3c(c2)OCO3)[C@H](CC(=O)O)[C@H]41. The van der Waals surface area contributed by atoms with Gasteiger partial charge < -0.3 is 29.2 Å². The Labute approximate surface area is 268 Å². The zero-order chi connectivity index (χ0) is 31.1. The van der Waals surface area contributed by atoms with Crippen molar-refractivity contribution in [3.63, 3.8) is 0 Å². The number of carboxylic acid groups (broad SMARTS) is 2. The molecule has 240 valence electrons. The van der Waals surface area contributed by atoms with Gasteiger partial charge in [-0.05, 0) is 132 Å². The van der Waals surface area contributed by atoms with Crippen LogP contribution in [0.1, 0.15) is 36.8 Å². The van der Waals surface area contributed by atoms with Gasteiger partial charge in [0, 0.05) is 12.8 Å². The van der Waals surface area contributed by atoms with Crippen molar-refractivity contribution < 1.29 is 38.7 Å². The summed E-state index contributed by atoms with van der Waals surface area (Å²) in [7, 11) is 0. The Kier molecular flexibility index (Phi) is 6.65. The monoisotopic (exact) mass is 624 g/mol. The van der Waals surface area contributed by atoms with E-state index in [0.29, 0.717) is 71.5 Å². The average molecular weight is 625 g/mol. The van der Waals surface area contributed by atoms with Crippen molar-refractivity contribution in [3.05, 3.63) is 71.8 Å². The molecule has 2 heterocycles. The molecule has 0 radical (unpaired) electrons. The molecule has 2 aromatic carbocycles. The maximum atomic E-state index is 12.2. The van der Waals surface area contributed by atoms with Crippen LogP contribution in [0.5, 0.6) is 23.0 Å². The first-order valence-electron chi connectivity index (χ1n) is 17.0. The van der Waals surface area contributed by atoms with Gasteiger partial charge in [-0.1, -0.05) is 36.4 Å². The lowest BCUT2D eigenvalue weighted by atomic mass is 9.33. The summed E-state index contributed by atoms with van der Waals surface area (Å²) in [4.78, 5) is 23.6. The van der Waals surface area contributed by atoms with E-state index < -0.39 is 11.9 Å². The van der Waals surface area contributed by atoms with E-state index in [9.17, 15) is 19.8 Å². The highest BCUT2D eigenvalue weighted by atomic mass is 16.7. The lowest BCUT2D eigenvalue weighted by Crippen LogP contribution is -2.67. The van der Waals surface area contributed by atoms with Crippen molar-refractivity contribution in [2.75, 3.05) is 13.6 Å². The third-order valence-corrected chi connectivity index (χ3v) is 12.9. The molecular formula is C38H40O8. The van der Waals surface area contributed by atoms with Gasteiger partial charge in [-0.25, -0.2) is 0 Å². The van der Waals surface area contributed by atoms with Crippen LogP contribution >= 0.6 is 0 Å². The van der Waals surface area contributed by atoms with Gasteiger partial charge in [-0.15, -0.1) is 0 Å². The van der Waals surface area contributed by atoms with E-state index in [4.69, 9.17) is 18.9 Å². The number of ether oxygens (including phenoxy) is 4. The van der Waals surface area contributed by atoms with Gasteiger partial charge in [-0.2, -0.15) is 0 Å². The number of aliphatic carboxylic acids is 2. The second-order valence-electron chi connectivity index (χ2n) is 14.7. The van der Waals surface area contributed by atoms with Crippen molar-refractivity contribution in [1.82, 2.24) is 0 Å². The summed E-state index contributed by atoms with van der Waals surface area (Å²) in [5.41, 5.74) is 2.44. The van der Waals surface area contributed by atoms with E-state index in [1.54, 1.807) is 0 Å². The standard InChI is InChI=1S/C38H40O8/c39-33(40)3-1-2-21-22-6-7-23-24-8-9-25(35(23)36(22)26(21)12-19-4-10-29-31(14-19)45-17-43-29)38-27(28(37(24)38)16-34(41)42)13-20-5-11-30-32(15-20)46-18-44-30/h4-11,14-15,21-28,35-38H,1-3,12-13,16-18H2,(H,39,40)(H,41,42)/t21-,22+,23+,24+,25-,26+,27+,28+,35+,36+,37+,38-/m1/s1. The van der Waals surface area contributed by atoms with Crippen molar-refractivity contribution in [3.8, 4) is 23.0 Å². The topological polar surface area (TPSA) is 112 Å². The van der Waals surface area contributed by atoms with E-state index in [1.807, 2.05) is 12.1 Å². The smallest absolute Gasteiger partial charge is 0.303 e. The predicted molar refractivity (Wildman–Crippen MR) is 166 cm³/mol. The lowest BCUT2D eigenvalue weighted by molar-refractivity contribution is -0.193. The Balaban J connectivity index is 1.02. The average Bonchev–Trinajstić information content (AvgIpc) is 3.72. The van der Waals surface area contributed by atoms with Gasteiger partial charge in [0.25, 0.3) is 0 Å². The fourth-order valence-corrected chi connectivity index (χ4v) is 11.4. The summed E-state index contributed by atoms with van der Waals surface area (Å²) in [5, 5.41) is 19.4. The molecule has 0 aromatic heterocycles. The highest BCUT2D eigenvalue weighted by Gasteiger charge is 2.67. The van der Waals surface area contributed by atoms with Gasteiger partial charge in [-0.3, -0.25) is 9.59 Å². The first-order chi connectivity index (χ1) is 22.4. The molecule has 8 heteroatoms. The van der Waals surface area contributed by atoms with Crippen LogP contribution in [-0.4, -0.2) is 35.7 Å². The van der Waals surface area contributed by atoms with Crippen molar-refractivity contribution >= 4 is 11.9 Å². The quantitative estimate of drug-likeness (QED) is 0.299. The predicted octanol–water partition coefficient (Wildman–Crippen LogP) is 6.23. The van der Waals surface area contributed by atoms with Crippen LogP contribution in [0.4, 0.5) is 0 Å². The molecule has 2 aliphatic heterocycles. The fraction of sp³-hybridized carbons (Fsp3) is 0.526. The van der Waals surface area contributed by atoms with Crippen molar-refractivity contribution in [2.24, 2.45) is 71.0 Å². The summed E-state index contributed by atoms with van der Waals surface area (Å²) >= 11 is 0. The molecule has 0 spiro atoms. The molecule has 46 heavy (non-hydrogen) atoms. The van der Waals surface area contributed by atoms with Crippen LogP contribution in [0.15, 0.2) is 60.7 Å². The van der Waals surface area contributed by atoms with E-state index >= 15 is 0 Å². The highest BCUT2D eigenvalue weighted by molar-refractivity contribution is 5.67. The summed E-state index contributed by atoms with van der Waals surface area (Å²) in [6, 6.07) is 12.5. The Morgan fingerprint density at radius 2 is 1.11 bits per heavy atom. The second-order valence-corrected chi connectivity index (χ2v) is 14.7. The Morgan fingerprint density at radius 1 is 0.587 bits per heavy atom. The van der Waals surface area contributed by atoms with E-state index in [2.05, 4.69) is 48.6 Å². The van der Waals surface area contributed by atoms with E-state index in [1.165, 1.54) is 11.1 Å². The number of allylic oxidation sites excluding steroid dienone is 4. The molecule has 8 nitrogen and oxygen atoms in total. The molecular weight excluding hydrogens is 584 g/mol. The van der Waals surface area contributed by atoms with Crippen molar-refractivity contribution in [2.45, 2.75) is 38.5 Å². The normalized spacial score (nSPS) is 37.9. The third kappa shape index (κ3) is 4.39. The molecule has 6 aliphatic carbocycles. The molecule has 3 saturated carbocycles. The molecule has 0 unspecified atom stereocenters. The maximum absolute atomic E-state index is 12.2. The van der Waals surface area contributed by atoms with E-state index in [0.717, 1.165) is 42.3 Å². The van der Waals surface area contributed by atoms with Crippen LogP contribution in [0.3, 0.4) is 0 Å². The molecule has 8 aliphatic rings. The van der Waals surface area contributed by atoms with Crippen LogP contribution < -0.4 is 18.9 Å². The van der Waals surface area contributed by atoms with Gasteiger partial charge in [0.15, 0.2) is 23.0 Å². The molecule has 12 atom stereocenters. The maximum Gasteiger partial charge on any atom is 0.303 e. The number of fused-ring (bicyclic) bond motifs is 3. The molecule has 10 rings (SSSR count). The third-order valence-electron chi connectivity index (χ3n) is 12.9. The van der Waals surface area contributed by atoms with E-state index in [-0.39, 0.29) is 32.3 Å². The Bertz CT molecular complexity index is 1630. The molecule has 0 amide bonds. The number of hydrogen-bond donors (Lipinski definition) is 2. The largest absolute Gasteiger partial charge is 0.481 e. The number of hydrogen-bond acceptors (Lipinski definition) is 6. The van der Waals surface area contributed by atoms with Gasteiger partial charge >= 0.3 is 11.9 Å². The molecule has 2 bridgehead atoms. The van der Waals surface area contributed by atoms with Gasteiger partial charge in [0.1, 0.15) is 0 Å². The van der Waals surface area contributed by atoms with Crippen LogP contribution in [-0.2, 0) is 22.4 Å². The molecule has 0 saturated heterocycles. The Hall–Kier alpha value is -3.94. The first kappa shape index (κ1) is 28.3. The molecule has 3 fully saturated rings. The summed E-state index contributed by atoms with van der Waals surface area (Å²) in [6.07, 6.45) is 13.7. The fourth-order valence-electron chi connectivity index (χ4n) is 11.4. The second kappa shape index (κ2) is 10.8. The lowest BCUT2D eigenvalue weighted by Gasteiger charge is -2.71. The molecule has 2 N–H and O–H groups in total. The zero-order valence-corrected chi connectivity index (χ0v) is 25.7. The minimum atomic E-state index is -0.724. The molecule has 2 aromatic rings. The zero-order valence-electron chi connectivity index (χ0n) is 25.7. The summed E-state index contributed by atoms with van der Waals surface area (Å²) in [6.45, 7) is 0.500. The number of rotatable bonds is 10. The Morgan fingerprint density at radius 3 is 1.74 bits per heavy atom. The summed E-state index contributed by atoms with van der Waals surface area (Å²) < 4.78 is 22.5. The highest BCUT2D eigenvalue weighted by Crippen LogP contribution is 2.71. The van der Waals surface area contributed by atoms with Crippen LogP contribution in [0.2, 0.25) is 0 Å². The number of carboxylic acids is 2. The van der Waals surface area contributed by atoms with Crippen LogP contribution in [0.25, 0.3) is 0 Å². The summed E-state index contributed by atoms with van der Waals surface area (Å²) in [5.74, 6) is 6.71. The first-order valence-corrected chi connectivity index (χ1v) is 17.0. The van der Waals surface area contributed by atoms with Gasteiger partial charge in [0.2, 0.25) is 13.6 Å². The van der Waals surface area contributed by atoms with Crippen LogP contribution in [0, 0.1) is 71.0 Å². The minimum Gasteiger partial charge on any atom is -0.481 e. The number of benzene rings is 2. The minimum absolute atomic E-state index is 0.159. The van der Waals surface area contributed by atoms with Crippen molar-refractivity contribution in [1.29, 1.82) is 0 Å². The van der Waals surface area contributed by atoms with Gasteiger partial charge in [0.05, 0.1) is 0 Å².